The Balaban J connectivity index is 5.32. The molecule has 1 atom stereocenters. The predicted molar refractivity (Wildman–Crippen MR) is 78.9 cm³/mol. The topological polar surface area (TPSA) is 78.8 Å². The van der Waals surface area contributed by atoms with Crippen molar-refractivity contribution in [3.63, 3.8) is 0 Å². The molecule has 0 spiro atoms. The Morgan fingerprint density at radius 3 is 1.84 bits per heavy atom. The smallest absolute Gasteiger partial charge is 0.150 e. The highest BCUT2D eigenvalue weighted by Crippen LogP contribution is 2.20. The highest BCUT2D eigenvalue weighted by Gasteiger charge is 2.37. The molecule has 0 aromatic rings. The average Bonchev–Trinajstić information content (AvgIpc) is 2.22. The van der Waals surface area contributed by atoms with Crippen LogP contribution in [0.4, 0.5) is 0 Å². The average molecular weight is 273 g/mol. The lowest BCUT2D eigenvalue weighted by Gasteiger charge is -2.49. The van der Waals surface area contributed by atoms with Gasteiger partial charge in [-0.1, -0.05) is 0 Å². The summed E-state index contributed by atoms with van der Waals surface area (Å²) in [5, 5.41) is 5.74. The zero-order valence-electron chi connectivity index (χ0n) is 13.7. The number of carbonyl (C=O) groups is 1. The van der Waals surface area contributed by atoms with Gasteiger partial charge in [0.25, 0.3) is 0 Å². The van der Waals surface area contributed by atoms with E-state index >= 15 is 0 Å². The summed E-state index contributed by atoms with van der Waals surface area (Å²) in [6.45, 7) is 11.7. The van der Waals surface area contributed by atoms with Gasteiger partial charge in [0.2, 0.25) is 0 Å². The van der Waals surface area contributed by atoms with Crippen molar-refractivity contribution in [3.05, 3.63) is 0 Å². The summed E-state index contributed by atoms with van der Waals surface area (Å²) in [4.78, 5) is 11.8. The van der Waals surface area contributed by atoms with Gasteiger partial charge in [0.15, 0.2) is 5.78 Å². The van der Waals surface area contributed by atoms with Crippen LogP contribution in [0.2, 0.25) is 0 Å². The molecule has 1 unspecified atom stereocenters. The molecule has 4 N–H and O–H groups in total. The lowest BCUT2D eigenvalue weighted by Crippen LogP contribution is -2.67. The summed E-state index contributed by atoms with van der Waals surface area (Å²) in [5.74, 6) is 0.0907. The summed E-state index contributed by atoms with van der Waals surface area (Å²) in [7, 11) is 3.78. The van der Waals surface area contributed by atoms with E-state index in [1.54, 1.807) is 6.92 Å². The van der Waals surface area contributed by atoms with Gasteiger partial charge < -0.3 is 11.5 Å². The van der Waals surface area contributed by atoms with E-state index in [9.17, 15) is 4.79 Å². The minimum Gasteiger partial charge on any atom is -0.327 e. The fourth-order valence-electron chi connectivity index (χ4n) is 1.52. The number of Topliss-reactive ketones (excluding diaryl/α,β-unsaturated/α-hetero) is 1. The van der Waals surface area contributed by atoms with Crippen LogP contribution >= 0.6 is 0 Å². The molecular formula is C13H31N5O. The summed E-state index contributed by atoms with van der Waals surface area (Å²) >= 11 is 0. The van der Waals surface area contributed by atoms with Crippen LogP contribution in [0.1, 0.15) is 41.5 Å². The van der Waals surface area contributed by atoms with E-state index in [0.717, 1.165) is 0 Å². The fourth-order valence-corrected chi connectivity index (χ4v) is 1.52. The van der Waals surface area contributed by atoms with Crippen LogP contribution in [-0.4, -0.2) is 58.8 Å². The Bertz CT molecular complexity index is 309. The molecule has 0 aromatic heterocycles. The first kappa shape index (κ1) is 18.5. The van der Waals surface area contributed by atoms with Gasteiger partial charge in [-0.25, -0.2) is 10.0 Å². The van der Waals surface area contributed by atoms with E-state index in [2.05, 4.69) is 0 Å². The molecule has 0 heterocycles. The van der Waals surface area contributed by atoms with Crippen molar-refractivity contribution in [2.75, 3.05) is 20.6 Å². The number of hydrazine groups is 2. The molecule has 0 rings (SSSR count). The zero-order valence-corrected chi connectivity index (χ0v) is 13.7. The number of hydrogen-bond donors (Lipinski definition) is 2. The summed E-state index contributed by atoms with van der Waals surface area (Å²) in [6.07, 6.45) is 0. The molecule has 0 saturated carbocycles. The third-order valence-electron chi connectivity index (χ3n) is 3.65. The van der Waals surface area contributed by atoms with Gasteiger partial charge >= 0.3 is 0 Å². The number of nitrogens with zero attached hydrogens (tertiary/aromatic N) is 3. The van der Waals surface area contributed by atoms with Crippen LogP contribution in [0.3, 0.4) is 0 Å². The number of rotatable bonds is 7. The van der Waals surface area contributed by atoms with Crippen molar-refractivity contribution in [2.45, 2.75) is 58.8 Å². The molecule has 0 radical (unpaired) electrons. The van der Waals surface area contributed by atoms with Crippen LogP contribution in [-0.2, 0) is 4.79 Å². The van der Waals surface area contributed by atoms with Gasteiger partial charge in [-0.05, 0) is 41.5 Å². The van der Waals surface area contributed by atoms with Crippen molar-refractivity contribution < 1.29 is 4.79 Å². The van der Waals surface area contributed by atoms with Crippen molar-refractivity contribution in [1.29, 1.82) is 0 Å². The first-order valence-corrected chi connectivity index (χ1v) is 6.62. The summed E-state index contributed by atoms with van der Waals surface area (Å²) in [5.41, 5.74) is 10.9. The second-order valence-electron chi connectivity index (χ2n) is 6.35. The molecule has 0 aliphatic carbocycles. The van der Waals surface area contributed by atoms with Crippen molar-refractivity contribution >= 4 is 5.78 Å². The standard InChI is InChI=1S/C13H31N5O/c1-10(14)9-18(17(8)13(5,6)15)16(7)12(3,4)11(2)19/h10H,9,14-15H2,1-8H3. The summed E-state index contributed by atoms with van der Waals surface area (Å²) < 4.78 is 0. The van der Waals surface area contributed by atoms with Gasteiger partial charge in [-0.3, -0.25) is 4.79 Å². The Kier molecular flexibility index (Phi) is 6.10. The quantitative estimate of drug-likeness (QED) is 0.516. The molecule has 6 nitrogen and oxygen atoms in total. The van der Waals surface area contributed by atoms with Crippen molar-refractivity contribution in [3.8, 4) is 0 Å². The fraction of sp³-hybridized carbons (Fsp3) is 0.923. The maximum Gasteiger partial charge on any atom is 0.150 e. The Morgan fingerprint density at radius 2 is 1.58 bits per heavy atom. The van der Waals surface area contributed by atoms with Gasteiger partial charge in [0.05, 0.1) is 11.2 Å². The minimum absolute atomic E-state index is 0.0324. The van der Waals surface area contributed by atoms with Crippen LogP contribution < -0.4 is 11.5 Å². The first-order chi connectivity index (χ1) is 8.31. The van der Waals surface area contributed by atoms with E-state index in [1.807, 2.05) is 63.8 Å². The van der Waals surface area contributed by atoms with Crippen LogP contribution in [0, 0.1) is 0 Å². The second kappa shape index (κ2) is 6.28. The van der Waals surface area contributed by atoms with Gasteiger partial charge in [-0.2, -0.15) is 5.12 Å². The molecule has 0 aliphatic rings. The van der Waals surface area contributed by atoms with Crippen molar-refractivity contribution in [1.82, 2.24) is 15.1 Å². The highest BCUT2D eigenvalue weighted by atomic mass is 16.1. The Hall–Kier alpha value is -0.530. The molecule has 0 fully saturated rings. The number of nitrogens with two attached hydrogens (primary N) is 2. The summed E-state index contributed by atoms with van der Waals surface area (Å²) in [6, 6.07) is -0.0324. The number of ketones is 1. The maximum absolute atomic E-state index is 11.8. The Labute approximate surface area is 117 Å². The lowest BCUT2D eigenvalue weighted by molar-refractivity contribution is -0.230. The largest absolute Gasteiger partial charge is 0.327 e. The highest BCUT2D eigenvalue weighted by molar-refractivity contribution is 5.84. The van der Waals surface area contributed by atoms with Gasteiger partial charge in [0, 0.05) is 26.7 Å². The predicted octanol–water partition coefficient (Wildman–Crippen LogP) is 0.392. The van der Waals surface area contributed by atoms with Gasteiger partial charge in [-0.15, -0.1) is 0 Å². The number of likely N-dealkylation sites (N-methyl/N-ethyl adjacent to an activating group) is 1. The van der Waals surface area contributed by atoms with E-state index in [0.29, 0.717) is 6.54 Å². The third-order valence-corrected chi connectivity index (χ3v) is 3.65. The van der Waals surface area contributed by atoms with Crippen LogP contribution in [0.25, 0.3) is 0 Å². The second-order valence-corrected chi connectivity index (χ2v) is 6.35. The van der Waals surface area contributed by atoms with Crippen LogP contribution in [0.15, 0.2) is 0 Å². The van der Waals surface area contributed by atoms with Crippen molar-refractivity contribution in [2.24, 2.45) is 11.5 Å². The molecule has 0 bridgehead atoms. The van der Waals surface area contributed by atoms with E-state index < -0.39 is 11.2 Å². The lowest BCUT2D eigenvalue weighted by atomic mass is 10.0. The number of hydrogen-bond acceptors (Lipinski definition) is 6. The molecule has 0 aliphatic heterocycles. The normalized spacial score (nSPS) is 15.4. The minimum atomic E-state index is -0.617. The molecule has 0 aromatic carbocycles. The molecule has 0 saturated heterocycles. The molecule has 19 heavy (non-hydrogen) atoms. The molecule has 0 amide bonds. The monoisotopic (exact) mass is 273 g/mol. The van der Waals surface area contributed by atoms with E-state index in [-0.39, 0.29) is 11.8 Å². The van der Waals surface area contributed by atoms with Gasteiger partial charge in [0.1, 0.15) is 0 Å². The SMILES string of the molecule is CC(=O)C(C)(C)N(C)N(CC(C)N)N(C)C(C)(C)N. The number of carbonyl (C=O) groups excluding carboxylic acids is 1. The first-order valence-electron chi connectivity index (χ1n) is 6.62. The van der Waals surface area contributed by atoms with E-state index in [4.69, 9.17) is 11.5 Å². The van der Waals surface area contributed by atoms with E-state index in [1.165, 1.54) is 0 Å². The Morgan fingerprint density at radius 1 is 1.16 bits per heavy atom. The molecular weight excluding hydrogens is 242 g/mol. The molecule has 6 heteroatoms. The maximum atomic E-state index is 11.8. The zero-order chi connectivity index (χ0) is 15.6. The third kappa shape index (κ3) is 4.81. The van der Waals surface area contributed by atoms with Crippen LogP contribution in [0.5, 0.6) is 0 Å². The molecule has 114 valence electrons.